The van der Waals surface area contributed by atoms with Gasteiger partial charge in [-0.25, -0.2) is 0 Å². The van der Waals surface area contributed by atoms with Gasteiger partial charge in [0.15, 0.2) is 5.76 Å². The van der Waals surface area contributed by atoms with Gasteiger partial charge in [-0.05, 0) is 45.1 Å². The van der Waals surface area contributed by atoms with E-state index in [9.17, 15) is 14.9 Å². The number of hydrogen-bond donors (Lipinski definition) is 1. The van der Waals surface area contributed by atoms with Gasteiger partial charge in [0.05, 0.1) is 18.4 Å². The lowest BCUT2D eigenvalue weighted by atomic mass is 10.3. The Labute approximate surface area is 155 Å². The fraction of sp³-hybridized carbons (Fsp3) is 0.125. The molecule has 134 valence electrons. The summed E-state index contributed by atoms with van der Waals surface area (Å²) >= 11 is 3.08. The van der Waals surface area contributed by atoms with Gasteiger partial charge in [-0.15, -0.1) is 0 Å². The minimum Gasteiger partial charge on any atom is -0.497 e. The predicted molar refractivity (Wildman–Crippen MR) is 95.3 cm³/mol. The molecule has 9 nitrogen and oxygen atoms in total. The van der Waals surface area contributed by atoms with E-state index < -0.39 is 10.8 Å². The Hall–Kier alpha value is -3.14. The first kappa shape index (κ1) is 17.7. The number of ether oxygens (including phenoxy) is 1. The van der Waals surface area contributed by atoms with Crippen LogP contribution in [0.2, 0.25) is 0 Å². The molecule has 0 bridgehead atoms. The van der Waals surface area contributed by atoms with Crippen LogP contribution >= 0.6 is 15.9 Å². The predicted octanol–water partition coefficient (Wildman–Crippen LogP) is 3.46. The Morgan fingerprint density at radius 2 is 2.23 bits per heavy atom. The number of benzene rings is 1. The van der Waals surface area contributed by atoms with Gasteiger partial charge in [0.25, 0.3) is 5.91 Å². The highest BCUT2D eigenvalue weighted by molar-refractivity contribution is 9.10. The van der Waals surface area contributed by atoms with Crippen molar-refractivity contribution in [3.05, 3.63) is 68.7 Å². The summed E-state index contributed by atoms with van der Waals surface area (Å²) < 4.78 is 12.2. The Morgan fingerprint density at radius 1 is 1.42 bits per heavy atom. The van der Waals surface area contributed by atoms with E-state index >= 15 is 0 Å². The molecular formula is C16H13BrN4O5. The molecule has 3 aromatic rings. The first-order valence-corrected chi connectivity index (χ1v) is 8.17. The van der Waals surface area contributed by atoms with Crippen molar-refractivity contribution in [1.82, 2.24) is 9.78 Å². The van der Waals surface area contributed by atoms with Gasteiger partial charge in [-0.3, -0.25) is 4.79 Å². The zero-order chi connectivity index (χ0) is 18.7. The largest absolute Gasteiger partial charge is 0.497 e. The molecule has 0 saturated carbocycles. The molecule has 1 amide bonds. The maximum absolute atomic E-state index is 12.3. The number of halogens is 1. The molecule has 0 aliphatic carbocycles. The van der Waals surface area contributed by atoms with Crippen molar-refractivity contribution in [2.75, 3.05) is 12.4 Å². The molecule has 0 unspecified atom stereocenters. The number of furan rings is 1. The zero-order valence-electron chi connectivity index (χ0n) is 13.5. The van der Waals surface area contributed by atoms with Crippen molar-refractivity contribution in [2.24, 2.45) is 0 Å². The van der Waals surface area contributed by atoms with Crippen molar-refractivity contribution >= 4 is 33.3 Å². The van der Waals surface area contributed by atoms with E-state index in [4.69, 9.17) is 9.15 Å². The molecular weight excluding hydrogens is 408 g/mol. The van der Waals surface area contributed by atoms with Crippen LogP contribution in [-0.4, -0.2) is 27.7 Å². The van der Waals surface area contributed by atoms with Crippen LogP contribution in [0.1, 0.15) is 16.3 Å². The summed E-state index contributed by atoms with van der Waals surface area (Å²) in [6.45, 7) is 0.152. The fourth-order valence-electron chi connectivity index (χ4n) is 2.23. The number of carbonyl (C=O) groups excluding carboxylic acids is 1. The van der Waals surface area contributed by atoms with Crippen molar-refractivity contribution in [1.29, 1.82) is 0 Å². The quantitative estimate of drug-likeness (QED) is 0.482. The molecule has 2 aromatic heterocycles. The van der Waals surface area contributed by atoms with Crippen LogP contribution in [0.4, 0.5) is 11.5 Å². The summed E-state index contributed by atoms with van der Waals surface area (Å²) in [7, 11) is 1.54. The smallest absolute Gasteiger partial charge is 0.404 e. The zero-order valence-corrected chi connectivity index (χ0v) is 15.1. The van der Waals surface area contributed by atoms with Crippen molar-refractivity contribution in [3.63, 3.8) is 0 Å². The number of amides is 1. The fourth-order valence-corrected chi connectivity index (χ4v) is 2.69. The highest BCUT2D eigenvalue weighted by Gasteiger charge is 2.20. The molecule has 2 heterocycles. The number of rotatable bonds is 6. The van der Waals surface area contributed by atoms with E-state index in [0.29, 0.717) is 17.2 Å². The number of carbonyl (C=O) groups is 1. The lowest BCUT2D eigenvalue weighted by molar-refractivity contribution is -0.390. The van der Waals surface area contributed by atoms with Gasteiger partial charge in [0, 0.05) is 11.8 Å². The second-order valence-corrected chi connectivity index (χ2v) is 6.06. The average molecular weight is 421 g/mol. The first-order valence-electron chi connectivity index (χ1n) is 7.37. The van der Waals surface area contributed by atoms with Crippen LogP contribution in [0.15, 0.2) is 51.5 Å². The molecule has 3 rings (SSSR count). The molecule has 0 fully saturated rings. The number of hydrogen-bond acceptors (Lipinski definition) is 6. The van der Waals surface area contributed by atoms with Crippen LogP contribution in [0, 0.1) is 10.1 Å². The number of anilines is 1. The lowest BCUT2D eigenvalue weighted by Gasteiger charge is -2.05. The van der Waals surface area contributed by atoms with E-state index in [1.807, 2.05) is 0 Å². The summed E-state index contributed by atoms with van der Waals surface area (Å²) in [4.78, 5) is 22.5. The Balaban J connectivity index is 1.70. The van der Waals surface area contributed by atoms with Crippen LogP contribution in [0.5, 0.6) is 5.75 Å². The molecule has 10 heteroatoms. The van der Waals surface area contributed by atoms with Gasteiger partial charge in [0.2, 0.25) is 0 Å². The highest BCUT2D eigenvalue weighted by atomic mass is 79.9. The molecule has 26 heavy (non-hydrogen) atoms. The maximum atomic E-state index is 12.3. The SMILES string of the molecule is COc1cccc(NC(=O)c2ccc(Cn3cc(Br)c([N+](=O)[O-])n3)o2)c1. The van der Waals surface area contributed by atoms with Gasteiger partial charge < -0.3 is 24.6 Å². The molecule has 1 N–H and O–H groups in total. The van der Waals surface area contributed by atoms with E-state index in [1.54, 1.807) is 30.3 Å². The van der Waals surface area contributed by atoms with E-state index in [2.05, 4.69) is 26.3 Å². The molecule has 0 saturated heterocycles. The summed E-state index contributed by atoms with van der Waals surface area (Å²) in [6, 6.07) is 10.1. The standard InChI is InChI=1S/C16H13BrN4O5/c1-25-11-4-2-3-10(7-11)18-16(22)14-6-5-12(26-14)8-20-9-13(17)15(19-20)21(23)24/h2-7,9H,8H2,1H3,(H,18,22). The van der Waals surface area contributed by atoms with Crippen molar-refractivity contribution in [3.8, 4) is 5.75 Å². The van der Waals surface area contributed by atoms with Crippen molar-refractivity contribution < 1.29 is 18.9 Å². The van der Waals surface area contributed by atoms with Crippen LogP contribution < -0.4 is 10.1 Å². The maximum Gasteiger partial charge on any atom is 0.404 e. The summed E-state index contributed by atoms with van der Waals surface area (Å²) in [6.07, 6.45) is 1.47. The van der Waals surface area contributed by atoms with E-state index in [1.165, 1.54) is 24.1 Å². The van der Waals surface area contributed by atoms with Gasteiger partial charge in [0.1, 0.15) is 22.5 Å². The van der Waals surface area contributed by atoms with Gasteiger partial charge in [-0.2, -0.15) is 4.68 Å². The van der Waals surface area contributed by atoms with Gasteiger partial charge >= 0.3 is 5.82 Å². The molecule has 0 spiro atoms. The second-order valence-electron chi connectivity index (χ2n) is 5.21. The Kier molecular flexibility index (Phi) is 5.03. The number of nitrogens with zero attached hydrogens (tertiary/aromatic N) is 3. The Morgan fingerprint density at radius 3 is 2.92 bits per heavy atom. The Bertz CT molecular complexity index is 965. The second kappa shape index (κ2) is 7.40. The minimum atomic E-state index is -0.588. The lowest BCUT2D eigenvalue weighted by Crippen LogP contribution is -2.10. The summed E-state index contributed by atoms with van der Waals surface area (Å²) in [5.41, 5.74) is 0.568. The summed E-state index contributed by atoms with van der Waals surface area (Å²) in [5, 5.41) is 17.4. The molecule has 0 radical (unpaired) electrons. The number of nitro groups is 1. The third-order valence-electron chi connectivity index (χ3n) is 3.40. The third kappa shape index (κ3) is 3.91. The van der Waals surface area contributed by atoms with Crippen LogP contribution in [0.25, 0.3) is 0 Å². The average Bonchev–Trinajstić information content (AvgIpc) is 3.22. The monoisotopic (exact) mass is 420 g/mol. The van der Waals surface area contributed by atoms with E-state index in [0.717, 1.165) is 0 Å². The van der Waals surface area contributed by atoms with Crippen LogP contribution in [0.3, 0.4) is 0 Å². The first-order chi connectivity index (χ1) is 12.5. The van der Waals surface area contributed by atoms with Crippen LogP contribution in [-0.2, 0) is 6.54 Å². The van der Waals surface area contributed by atoms with Gasteiger partial charge in [-0.1, -0.05) is 6.07 Å². The number of nitrogens with one attached hydrogen (secondary N) is 1. The molecule has 0 aliphatic heterocycles. The van der Waals surface area contributed by atoms with E-state index in [-0.39, 0.29) is 22.6 Å². The number of aromatic nitrogens is 2. The normalized spacial score (nSPS) is 10.5. The number of methoxy groups -OCH3 is 1. The summed E-state index contributed by atoms with van der Waals surface area (Å²) in [5.74, 6) is 0.465. The molecule has 0 atom stereocenters. The third-order valence-corrected chi connectivity index (χ3v) is 3.96. The minimum absolute atomic E-state index is 0.114. The topological polar surface area (TPSA) is 112 Å². The molecule has 1 aromatic carbocycles. The van der Waals surface area contributed by atoms with Crippen molar-refractivity contribution in [2.45, 2.75) is 6.54 Å². The molecule has 0 aliphatic rings. The highest BCUT2D eigenvalue weighted by Crippen LogP contribution is 2.23.